The molecule has 0 bridgehead atoms. The van der Waals surface area contributed by atoms with Crippen molar-refractivity contribution in [3.8, 4) is 5.75 Å². The number of ether oxygens (including phenoxy) is 1. The van der Waals surface area contributed by atoms with E-state index in [1.165, 1.54) is 5.54 Å². The molecule has 2 nitrogen and oxygen atoms in total. The van der Waals surface area contributed by atoms with E-state index >= 15 is 0 Å². The van der Waals surface area contributed by atoms with Gasteiger partial charge in [0.2, 0.25) is 0 Å². The summed E-state index contributed by atoms with van der Waals surface area (Å²) in [6.45, 7) is 2.39. The monoisotopic (exact) mass is 197 g/mol. The summed E-state index contributed by atoms with van der Waals surface area (Å²) < 4.78 is 5.41. The minimum atomic E-state index is 0.466. The lowest BCUT2D eigenvalue weighted by atomic mass is 10.2. The molecule has 0 spiro atoms. The Bertz CT molecular complexity index is 310. The highest BCUT2D eigenvalue weighted by atomic mass is 35.5. The van der Waals surface area contributed by atoms with Crippen molar-refractivity contribution in [1.82, 2.24) is 0 Å². The molecule has 3 heteroatoms. The Balaban J connectivity index is 2.71. The van der Waals surface area contributed by atoms with Gasteiger partial charge in [-0.05, 0) is 25.1 Å². The van der Waals surface area contributed by atoms with Crippen LogP contribution >= 0.6 is 11.6 Å². The van der Waals surface area contributed by atoms with Crippen LogP contribution in [-0.2, 0) is 0 Å². The van der Waals surface area contributed by atoms with Crippen molar-refractivity contribution < 1.29 is 4.74 Å². The molecule has 0 saturated carbocycles. The average molecular weight is 198 g/mol. The smallest absolute Gasteiger partial charge is 0.124 e. The number of anilines is 1. The van der Waals surface area contributed by atoms with Gasteiger partial charge in [-0.3, -0.25) is 0 Å². The van der Waals surface area contributed by atoms with Crippen LogP contribution in [0.5, 0.6) is 5.75 Å². The molecule has 13 heavy (non-hydrogen) atoms. The SMILES string of the molecule is Cc1c(N)cccc1OC/C=C/Cl. The number of nitrogen functional groups attached to an aromatic ring is 1. The summed E-state index contributed by atoms with van der Waals surface area (Å²) in [7, 11) is 0. The maximum Gasteiger partial charge on any atom is 0.124 e. The fourth-order valence-corrected chi connectivity index (χ4v) is 1.03. The Hall–Kier alpha value is -1.15. The second-order valence-corrected chi connectivity index (χ2v) is 2.90. The van der Waals surface area contributed by atoms with E-state index in [0.717, 1.165) is 17.0 Å². The largest absolute Gasteiger partial charge is 0.489 e. The summed E-state index contributed by atoms with van der Waals surface area (Å²) in [5.74, 6) is 0.801. The van der Waals surface area contributed by atoms with Gasteiger partial charge in [-0.15, -0.1) is 0 Å². The summed E-state index contributed by atoms with van der Waals surface area (Å²) in [5, 5.41) is 0. The minimum Gasteiger partial charge on any atom is -0.489 e. The predicted molar refractivity (Wildman–Crippen MR) is 56.1 cm³/mol. The molecule has 0 unspecified atom stereocenters. The van der Waals surface area contributed by atoms with E-state index in [4.69, 9.17) is 22.1 Å². The first-order valence-electron chi connectivity index (χ1n) is 3.99. The van der Waals surface area contributed by atoms with Crippen molar-refractivity contribution in [3.05, 3.63) is 35.4 Å². The Morgan fingerprint density at radius 3 is 3.00 bits per heavy atom. The van der Waals surface area contributed by atoms with Crippen molar-refractivity contribution in [2.24, 2.45) is 0 Å². The van der Waals surface area contributed by atoms with E-state index in [1.54, 1.807) is 6.08 Å². The predicted octanol–water partition coefficient (Wildman–Crippen LogP) is 2.71. The number of hydrogen-bond acceptors (Lipinski definition) is 2. The van der Waals surface area contributed by atoms with Gasteiger partial charge in [-0.2, -0.15) is 0 Å². The lowest BCUT2D eigenvalue weighted by molar-refractivity contribution is 0.361. The number of nitrogens with two attached hydrogens (primary N) is 1. The van der Waals surface area contributed by atoms with E-state index in [1.807, 2.05) is 25.1 Å². The summed E-state index contributed by atoms with van der Waals surface area (Å²) >= 11 is 5.35. The summed E-state index contributed by atoms with van der Waals surface area (Å²) in [6.07, 6.45) is 1.73. The lowest BCUT2D eigenvalue weighted by Gasteiger charge is -2.08. The minimum absolute atomic E-state index is 0.466. The quantitative estimate of drug-likeness (QED) is 0.757. The molecule has 0 aromatic heterocycles. The Morgan fingerprint density at radius 1 is 1.54 bits per heavy atom. The molecule has 1 rings (SSSR count). The third-order valence-corrected chi connectivity index (χ3v) is 1.93. The molecule has 0 radical (unpaired) electrons. The fraction of sp³-hybridized carbons (Fsp3) is 0.200. The first-order valence-corrected chi connectivity index (χ1v) is 4.42. The van der Waals surface area contributed by atoms with Gasteiger partial charge in [0.1, 0.15) is 12.4 Å². The molecule has 1 aromatic carbocycles. The second kappa shape index (κ2) is 4.77. The first kappa shape index (κ1) is 9.93. The molecule has 0 aliphatic carbocycles. The number of rotatable bonds is 3. The van der Waals surface area contributed by atoms with Crippen LogP contribution < -0.4 is 10.5 Å². The second-order valence-electron chi connectivity index (χ2n) is 2.64. The highest BCUT2D eigenvalue weighted by molar-refractivity contribution is 6.25. The fourth-order valence-electron chi connectivity index (χ4n) is 0.962. The Morgan fingerprint density at radius 2 is 2.31 bits per heavy atom. The van der Waals surface area contributed by atoms with Crippen LogP contribution in [0.1, 0.15) is 5.56 Å². The van der Waals surface area contributed by atoms with Crippen molar-refractivity contribution in [3.63, 3.8) is 0 Å². The summed E-state index contributed by atoms with van der Waals surface area (Å²) in [6, 6.07) is 5.59. The van der Waals surface area contributed by atoms with Gasteiger partial charge < -0.3 is 10.5 Å². The van der Waals surface area contributed by atoms with Crippen molar-refractivity contribution in [2.75, 3.05) is 12.3 Å². The van der Waals surface area contributed by atoms with Gasteiger partial charge in [0.05, 0.1) is 0 Å². The van der Waals surface area contributed by atoms with Gasteiger partial charge in [0, 0.05) is 16.8 Å². The van der Waals surface area contributed by atoms with Crippen LogP contribution in [0.4, 0.5) is 5.69 Å². The molecular weight excluding hydrogens is 186 g/mol. The standard InChI is InChI=1S/C10H12ClNO/c1-8-9(12)4-2-5-10(8)13-7-3-6-11/h2-6H,7,12H2,1H3/b6-3+. The topological polar surface area (TPSA) is 35.2 Å². The van der Waals surface area contributed by atoms with Gasteiger partial charge in [-0.25, -0.2) is 0 Å². The average Bonchev–Trinajstić information content (AvgIpc) is 2.13. The molecule has 0 atom stereocenters. The highest BCUT2D eigenvalue weighted by Gasteiger charge is 2.00. The Labute approximate surface area is 83.0 Å². The molecule has 0 heterocycles. The number of hydrogen-bond donors (Lipinski definition) is 1. The van der Waals surface area contributed by atoms with Crippen LogP contribution in [0.2, 0.25) is 0 Å². The Kier molecular flexibility index (Phi) is 3.65. The van der Waals surface area contributed by atoms with Crippen molar-refractivity contribution in [2.45, 2.75) is 6.92 Å². The highest BCUT2D eigenvalue weighted by Crippen LogP contribution is 2.22. The van der Waals surface area contributed by atoms with E-state index in [9.17, 15) is 0 Å². The van der Waals surface area contributed by atoms with Gasteiger partial charge >= 0.3 is 0 Å². The maximum atomic E-state index is 5.70. The molecule has 2 N–H and O–H groups in total. The van der Waals surface area contributed by atoms with Crippen LogP contribution in [-0.4, -0.2) is 6.61 Å². The zero-order valence-corrected chi connectivity index (χ0v) is 8.21. The van der Waals surface area contributed by atoms with E-state index in [2.05, 4.69) is 0 Å². The first-order chi connectivity index (χ1) is 6.25. The normalized spacial score (nSPS) is 10.6. The third-order valence-electron chi connectivity index (χ3n) is 1.75. The molecule has 1 aromatic rings. The molecule has 0 fully saturated rings. The zero-order chi connectivity index (χ0) is 9.68. The van der Waals surface area contributed by atoms with E-state index in [-0.39, 0.29) is 0 Å². The van der Waals surface area contributed by atoms with Crippen LogP contribution in [0.3, 0.4) is 0 Å². The lowest BCUT2D eigenvalue weighted by Crippen LogP contribution is -1.97. The van der Waals surface area contributed by atoms with Crippen LogP contribution in [0, 0.1) is 6.92 Å². The van der Waals surface area contributed by atoms with E-state index < -0.39 is 0 Å². The summed E-state index contributed by atoms with van der Waals surface area (Å²) in [5.41, 5.74) is 8.84. The van der Waals surface area contributed by atoms with Crippen molar-refractivity contribution in [1.29, 1.82) is 0 Å². The molecule has 0 amide bonds. The number of halogens is 1. The van der Waals surface area contributed by atoms with E-state index in [0.29, 0.717) is 6.61 Å². The summed E-state index contributed by atoms with van der Waals surface area (Å²) in [4.78, 5) is 0. The maximum absolute atomic E-state index is 5.70. The van der Waals surface area contributed by atoms with Gasteiger partial charge in [0.15, 0.2) is 0 Å². The van der Waals surface area contributed by atoms with Gasteiger partial charge in [0.25, 0.3) is 0 Å². The molecule has 0 aliphatic rings. The van der Waals surface area contributed by atoms with Crippen LogP contribution in [0.25, 0.3) is 0 Å². The molecule has 0 saturated heterocycles. The van der Waals surface area contributed by atoms with Crippen molar-refractivity contribution >= 4 is 17.3 Å². The number of benzene rings is 1. The molecule has 70 valence electrons. The molecular formula is C10H12ClNO. The molecule has 0 aliphatic heterocycles. The zero-order valence-electron chi connectivity index (χ0n) is 7.46. The van der Waals surface area contributed by atoms with Gasteiger partial charge in [-0.1, -0.05) is 17.7 Å². The third kappa shape index (κ3) is 2.67. The van der Waals surface area contributed by atoms with Crippen LogP contribution in [0.15, 0.2) is 29.8 Å².